The van der Waals surface area contributed by atoms with Crippen LogP contribution in [0.2, 0.25) is 0 Å². The predicted molar refractivity (Wildman–Crippen MR) is 74.4 cm³/mol. The van der Waals surface area contributed by atoms with Crippen molar-refractivity contribution in [1.82, 2.24) is 0 Å². The van der Waals surface area contributed by atoms with E-state index in [9.17, 15) is 13.2 Å². The molecule has 0 heterocycles. The quantitative estimate of drug-likeness (QED) is 0.734. The van der Waals surface area contributed by atoms with Crippen LogP contribution in [-0.2, 0) is 9.84 Å². The molecule has 0 radical (unpaired) electrons. The molecule has 0 bridgehead atoms. The molecule has 6 nitrogen and oxygen atoms in total. The van der Waals surface area contributed by atoms with Gasteiger partial charge in [-0.25, -0.2) is 13.2 Å². The molecule has 0 amide bonds. The fourth-order valence-electron chi connectivity index (χ4n) is 1.53. The molecule has 1 N–H and O–H groups in total. The van der Waals surface area contributed by atoms with Crippen molar-refractivity contribution in [1.29, 1.82) is 0 Å². The van der Waals surface area contributed by atoms with E-state index in [0.29, 0.717) is 17.9 Å². The third-order valence-corrected chi connectivity index (χ3v) is 4.50. The topological polar surface area (TPSA) is 89.9 Å². The summed E-state index contributed by atoms with van der Waals surface area (Å²) < 4.78 is 33.1. The molecule has 1 rings (SSSR count). The summed E-state index contributed by atoms with van der Waals surface area (Å²) in [5, 5.41) is 8.86. The van der Waals surface area contributed by atoms with Crippen LogP contribution >= 0.6 is 0 Å². The van der Waals surface area contributed by atoms with Crippen LogP contribution in [-0.4, -0.2) is 44.7 Å². The highest BCUT2D eigenvalue weighted by Crippen LogP contribution is 2.28. The lowest BCUT2D eigenvalue weighted by Gasteiger charge is -2.11. The molecule has 0 fully saturated rings. The number of carbonyl (C=O) groups is 1. The van der Waals surface area contributed by atoms with E-state index in [1.54, 1.807) is 6.92 Å². The molecule has 0 aliphatic carbocycles. The number of hydrogen-bond donors (Lipinski definition) is 1. The van der Waals surface area contributed by atoms with E-state index >= 15 is 0 Å². The first-order valence-corrected chi connectivity index (χ1v) is 7.96. The second-order valence-corrected chi connectivity index (χ2v) is 6.58. The van der Waals surface area contributed by atoms with Crippen LogP contribution in [0.1, 0.15) is 23.7 Å². The predicted octanol–water partition coefficient (Wildman–Crippen LogP) is 1.60. The summed E-state index contributed by atoms with van der Waals surface area (Å²) in [6.45, 7) is 1.83. The summed E-state index contributed by atoms with van der Waals surface area (Å²) in [4.78, 5) is 10.8. The summed E-state index contributed by atoms with van der Waals surface area (Å²) >= 11 is 0. The number of methoxy groups -OCH3 is 1. The Morgan fingerprint density at radius 1 is 1.30 bits per heavy atom. The fraction of sp³-hybridized carbons (Fsp3) is 0.462. The highest BCUT2D eigenvalue weighted by atomic mass is 32.2. The number of carboxylic acids is 1. The summed E-state index contributed by atoms with van der Waals surface area (Å²) in [6.07, 6.45) is 0.375. The smallest absolute Gasteiger partial charge is 0.335 e. The van der Waals surface area contributed by atoms with Crippen LogP contribution in [0.3, 0.4) is 0 Å². The summed E-state index contributed by atoms with van der Waals surface area (Å²) in [7, 11) is -1.58. The van der Waals surface area contributed by atoms with Crippen molar-refractivity contribution < 1.29 is 27.8 Å². The Kier molecular flexibility index (Phi) is 5.82. The van der Waals surface area contributed by atoms with Gasteiger partial charge < -0.3 is 14.6 Å². The molecular weight excluding hydrogens is 284 g/mol. The number of hydrogen-bond acceptors (Lipinski definition) is 5. The highest BCUT2D eigenvalue weighted by Gasteiger charge is 2.11. The second kappa shape index (κ2) is 7.14. The molecule has 0 aliphatic heterocycles. The van der Waals surface area contributed by atoms with Gasteiger partial charge in [-0.15, -0.1) is 0 Å². The van der Waals surface area contributed by atoms with E-state index in [1.807, 2.05) is 0 Å². The van der Waals surface area contributed by atoms with Gasteiger partial charge in [-0.2, -0.15) is 0 Å². The van der Waals surface area contributed by atoms with Gasteiger partial charge in [0.25, 0.3) is 0 Å². The van der Waals surface area contributed by atoms with Crippen LogP contribution in [0, 0.1) is 0 Å². The fourth-order valence-corrected chi connectivity index (χ4v) is 2.37. The van der Waals surface area contributed by atoms with E-state index in [-0.39, 0.29) is 23.7 Å². The largest absolute Gasteiger partial charge is 0.493 e. The maximum Gasteiger partial charge on any atom is 0.335 e. The van der Waals surface area contributed by atoms with Crippen molar-refractivity contribution >= 4 is 15.8 Å². The average molecular weight is 302 g/mol. The number of sulfone groups is 1. The summed E-state index contributed by atoms with van der Waals surface area (Å²) in [5.41, 5.74) is 0.0998. The summed E-state index contributed by atoms with van der Waals surface area (Å²) in [5.74, 6) is -0.165. The molecule has 1 aromatic carbocycles. The maximum absolute atomic E-state index is 11.3. The van der Waals surface area contributed by atoms with Gasteiger partial charge in [0.05, 0.1) is 25.0 Å². The van der Waals surface area contributed by atoms with Gasteiger partial charge in [0.2, 0.25) is 0 Å². The lowest BCUT2D eigenvalue weighted by Crippen LogP contribution is -2.12. The van der Waals surface area contributed by atoms with Crippen molar-refractivity contribution in [3.63, 3.8) is 0 Å². The number of benzene rings is 1. The summed E-state index contributed by atoms with van der Waals surface area (Å²) in [6, 6.07) is 4.26. The van der Waals surface area contributed by atoms with Crippen molar-refractivity contribution in [3.05, 3.63) is 23.8 Å². The Morgan fingerprint density at radius 2 is 2.00 bits per heavy atom. The zero-order valence-corrected chi connectivity index (χ0v) is 12.3. The molecular formula is C13H18O6S. The lowest BCUT2D eigenvalue weighted by atomic mass is 10.2. The molecule has 0 unspecified atom stereocenters. The Bertz CT molecular complexity index is 564. The Balaban J connectivity index is 2.62. The van der Waals surface area contributed by atoms with Gasteiger partial charge >= 0.3 is 5.97 Å². The van der Waals surface area contributed by atoms with Gasteiger partial charge in [-0.3, -0.25) is 0 Å². The molecule has 0 saturated heterocycles. The molecule has 7 heteroatoms. The van der Waals surface area contributed by atoms with E-state index in [4.69, 9.17) is 14.6 Å². The zero-order chi connectivity index (χ0) is 15.2. The Hall–Kier alpha value is -1.76. The highest BCUT2D eigenvalue weighted by molar-refractivity contribution is 7.91. The minimum absolute atomic E-state index is 0.0685. The van der Waals surface area contributed by atoms with E-state index in [1.165, 1.54) is 25.3 Å². The van der Waals surface area contributed by atoms with Gasteiger partial charge in [-0.05, 0) is 24.6 Å². The Labute approximate surface area is 118 Å². The monoisotopic (exact) mass is 302 g/mol. The van der Waals surface area contributed by atoms with Gasteiger partial charge in [0.15, 0.2) is 11.5 Å². The molecule has 0 atom stereocenters. The Morgan fingerprint density at radius 3 is 2.55 bits per heavy atom. The second-order valence-electron chi connectivity index (χ2n) is 4.11. The maximum atomic E-state index is 11.3. The number of rotatable bonds is 8. The van der Waals surface area contributed by atoms with Crippen molar-refractivity contribution in [3.8, 4) is 11.5 Å². The van der Waals surface area contributed by atoms with Crippen molar-refractivity contribution in [2.75, 3.05) is 25.2 Å². The number of carboxylic acid groups (broad SMARTS) is 1. The molecule has 0 aromatic heterocycles. The lowest BCUT2D eigenvalue weighted by molar-refractivity contribution is 0.0696. The number of aromatic carboxylic acids is 1. The standard InChI is InChI=1S/C13H18O6S/c1-3-20(16,17)8-4-7-19-11-6-5-10(13(14)15)9-12(11)18-2/h5-6,9H,3-4,7-8H2,1-2H3,(H,14,15). The first-order chi connectivity index (χ1) is 9.39. The molecule has 0 aliphatic rings. The van der Waals surface area contributed by atoms with Crippen LogP contribution < -0.4 is 9.47 Å². The average Bonchev–Trinajstić information content (AvgIpc) is 2.43. The van der Waals surface area contributed by atoms with E-state index in [0.717, 1.165) is 0 Å². The molecule has 1 aromatic rings. The first-order valence-electron chi connectivity index (χ1n) is 6.14. The van der Waals surface area contributed by atoms with Crippen molar-refractivity contribution in [2.24, 2.45) is 0 Å². The van der Waals surface area contributed by atoms with Gasteiger partial charge in [0, 0.05) is 5.75 Å². The third-order valence-electron chi connectivity index (χ3n) is 2.71. The number of ether oxygens (including phenoxy) is 2. The van der Waals surface area contributed by atoms with Crippen LogP contribution in [0.25, 0.3) is 0 Å². The molecule has 20 heavy (non-hydrogen) atoms. The minimum Gasteiger partial charge on any atom is -0.493 e. The van der Waals surface area contributed by atoms with Crippen LogP contribution in [0.5, 0.6) is 11.5 Å². The van der Waals surface area contributed by atoms with Crippen LogP contribution in [0.4, 0.5) is 0 Å². The van der Waals surface area contributed by atoms with Crippen molar-refractivity contribution in [2.45, 2.75) is 13.3 Å². The molecule has 112 valence electrons. The molecule has 0 saturated carbocycles. The van der Waals surface area contributed by atoms with Crippen LogP contribution in [0.15, 0.2) is 18.2 Å². The van der Waals surface area contributed by atoms with E-state index < -0.39 is 15.8 Å². The van der Waals surface area contributed by atoms with Gasteiger partial charge in [-0.1, -0.05) is 6.92 Å². The minimum atomic E-state index is -3.00. The molecule has 0 spiro atoms. The zero-order valence-electron chi connectivity index (χ0n) is 11.5. The SMILES string of the molecule is CCS(=O)(=O)CCCOc1ccc(C(=O)O)cc1OC. The first kappa shape index (κ1) is 16.3. The van der Waals surface area contributed by atoms with Gasteiger partial charge in [0.1, 0.15) is 9.84 Å². The third kappa shape index (κ3) is 4.73. The van der Waals surface area contributed by atoms with E-state index in [2.05, 4.69) is 0 Å². The normalized spacial score (nSPS) is 11.1.